The smallest absolute Gasteiger partial charge is 0.215 e. The fourth-order valence-corrected chi connectivity index (χ4v) is 1.22. The number of halogens is 1. The Hall–Kier alpha value is -1.35. The van der Waals surface area contributed by atoms with Crippen LogP contribution in [0.3, 0.4) is 0 Å². The molecule has 2 aromatic heterocycles. The molecule has 0 aromatic carbocycles. The molecule has 0 aliphatic rings. The van der Waals surface area contributed by atoms with E-state index in [1.54, 1.807) is 19.2 Å². The van der Waals surface area contributed by atoms with E-state index in [9.17, 15) is 0 Å². The first kappa shape index (κ1) is 8.26. The third-order valence-corrected chi connectivity index (χ3v) is 1.91. The number of hydrogen-bond donors (Lipinski definition) is 0. The molecule has 2 heterocycles. The minimum atomic E-state index is 0.438. The standard InChI is InChI=1S/C9H7ClN2O/c1-13-8-5-3-6-2-4-7(10)11-9(6)12-8/h2-5H,1H3. The van der Waals surface area contributed by atoms with Crippen molar-refractivity contribution in [2.45, 2.75) is 0 Å². The van der Waals surface area contributed by atoms with Crippen LogP contribution in [0.4, 0.5) is 0 Å². The Morgan fingerprint density at radius 2 is 1.92 bits per heavy atom. The van der Waals surface area contributed by atoms with E-state index in [0.717, 1.165) is 5.39 Å². The van der Waals surface area contributed by atoms with E-state index in [-0.39, 0.29) is 0 Å². The predicted octanol–water partition coefficient (Wildman–Crippen LogP) is 2.29. The van der Waals surface area contributed by atoms with Gasteiger partial charge in [0, 0.05) is 11.5 Å². The van der Waals surface area contributed by atoms with Gasteiger partial charge >= 0.3 is 0 Å². The maximum Gasteiger partial charge on any atom is 0.215 e. The van der Waals surface area contributed by atoms with Gasteiger partial charge in [0.05, 0.1) is 7.11 Å². The lowest BCUT2D eigenvalue weighted by Crippen LogP contribution is -1.89. The van der Waals surface area contributed by atoms with Gasteiger partial charge < -0.3 is 4.74 Å². The number of hydrogen-bond acceptors (Lipinski definition) is 3. The van der Waals surface area contributed by atoms with E-state index in [0.29, 0.717) is 16.7 Å². The lowest BCUT2D eigenvalue weighted by atomic mass is 10.3. The lowest BCUT2D eigenvalue weighted by molar-refractivity contribution is 0.399. The van der Waals surface area contributed by atoms with Crippen molar-refractivity contribution in [3.8, 4) is 5.88 Å². The monoisotopic (exact) mass is 194 g/mol. The van der Waals surface area contributed by atoms with Crippen molar-refractivity contribution < 1.29 is 4.74 Å². The summed E-state index contributed by atoms with van der Waals surface area (Å²) in [6, 6.07) is 7.29. The summed E-state index contributed by atoms with van der Waals surface area (Å²) in [5, 5.41) is 1.39. The molecule has 0 aliphatic carbocycles. The van der Waals surface area contributed by atoms with Crippen LogP contribution in [0, 0.1) is 0 Å². The Labute approximate surface area is 80.3 Å². The highest BCUT2D eigenvalue weighted by atomic mass is 35.5. The molecule has 0 radical (unpaired) electrons. The molecule has 4 heteroatoms. The minimum Gasteiger partial charge on any atom is -0.481 e. The second-order valence-electron chi connectivity index (χ2n) is 2.53. The third kappa shape index (κ3) is 1.55. The number of methoxy groups -OCH3 is 1. The van der Waals surface area contributed by atoms with Crippen LogP contribution in [0.25, 0.3) is 11.0 Å². The average molecular weight is 195 g/mol. The molecule has 0 spiro atoms. The summed E-state index contributed by atoms with van der Waals surface area (Å²) >= 11 is 5.72. The van der Waals surface area contributed by atoms with Crippen LogP contribution in [-0.4, -0.2) is 17.1 Å². The second-order valence-corrected chi connectivity index (χ2v) is 2.92. The Balaban J connectivity index is 2.68. The van der Waals surface area contributed by atoms with E-state index in [4.69, 9.17) is 16.3 Å². The summed E-state index contributed by atoms with van der Waals surface area (Å²) in [7, 11) is 1.57. The van der Waals surface area contributed by atoms with Crippen LogP contribution in [0.1, 0.15) is 0 Å². The molecule has 66 valence electrons. The average Bonchev–Trinajstić information content (AvgIpc) is 2.16. The second kappa shape index (κ2) is 3.18. The summed E-state index contributed by atoms with van der Waals surface area (Å²) < 4.78 is 4.97. The Morgan fingerprint density at radius 1 is 1.15 bits per heavy atom. The Kier molecular flexibility index (Phi) is 2.02. The zero-order valence-corrected chi connectivity index (χ0v) is 7.75. The number of aromatic nitrogens is 2. The van der Waals surface area contributed by atoms with Crippen molar-refractivity contribution in [3.63, 3.8) is 0 Å². The molecule has 0 saturated carbocycles. The van der Waals surface area contributed by atoms with E-state index in [2.05, 4.69) is 9.97 Å². The van der Waals surface area contributed by atoms with Gasteiger partial charge in [0.2, 0.25) is 5.88 Å². The SMILES string of the molecule is COc1ccc2ccc(Cl)nc2n1. The Morgan fingerprint density at radius 3 is 2.69 bits per heavy atom. The van der Waals surface area contributed by atoms with Gasteiger partial charge in [0.1, 0.15) is 5.15 Å². The largest absolute Gasteiger partial charge is 0.481 e. The van der Waals surface area contributed by atoms with Crippen molar-refractivity contribution in [2.24, 2.45) is 0 Å². The van der Waals surface area contributed by atoms with Crippen LogP contribution >= 0.6 is 11.6 Å². The van der Waals surface area contributed by atoms with Gasteiger partial charge in [-0.05, 0) is 18.2 Å². The van der Waals surface area contributed by atoms with Crippen LogP contribution < -0.4 is 4.74 Å². The lowest BCUT2D eigenvalue weighted by Gasteiger charge is -2.00. The molecule has 0 amide bonds. The zero-order chi connectivity index (χ0) is 9.26. The molecule has 0 saturated heterocycles. The van der Waals surface area contributed by atoms with Gasteiger partial charge in [-0.15, -0.1) is 0 Å². The molecule has 2 rings (SSSR count). The van der Waals surface area contributed by atoms with Crippen LogP contribution in [0.15, 0.2) is 24.3 Å². The molecule has 0 fully saturated rings. The summed E-state index contributed by atoms with van der Waals surface area (Å²) in [5.41, 5.74) is 0.604. The first-order valence-electron chi connectivity index (χ1n) is 3.77. The summed E-state index contributed by atoms with van der Waals surface area (Å²) in [6.45, 7) is 0. The van der Waals surface area contributed by atoms with E-state index in [1.807, 2.05) is 12.1 Å². The van der Waals surface area contributed by atoms with Crippen molar-refractivity contribution >= 4 is 22.6 Å². The highest BCUT2D eigenvalue weighted by molar-refractivity contribution is 6.29. The van der Waals surface area contributed by atoms with E-state index >= 15 is 0 Å². The van der Waals surface area contributed by atoms with Crippen LogP contribution in [0.5, 0.6) is 5.88 Å². The molecule has 2 aromatic rings. The van der Waals surface area contributed by atoms with Crippen LogP contribution in [-0.2, 0) is 0 Å². The van der Waals surface area contributed by atoms with E-state index in [1.165, 1.54) is 0 Å². The first-order chi connectivity index (χ1) is 6.29. The Bertz CT molecular complexity index is 445. The van der Waals surface area contributed by atoms with Gasteiger partial charge in [-0.25, -0.2) is 4.98 Å². The molecule has 0 aliphatic heterocycles. The van der Waals surface area contributed by atoms with Gasteiger partial charge in [-0.2, -0.15) is 4.98 Å². The maximum absolute atomic E-state index is 5.72. The number of rotatable bonds is 1. The zero-order valence-electron chi connectivity index (χ0n) is 6.99. The minimum absolute atomic E-state index is 0.438. The summed E-state index contributed by atoms with van der Waals surface area (Å²) in [4.78, 5) is 8.20. The fourth-order valence-electron chi connectivity index (χ4n) is 1.07. The van der Waals surface area contributed by atoms with Crippen molar-refractivity contribution in [1.29, 1.82) is 0 Å². The van der Waals surface area contributed by atoms with Gasteiger partial charge in [0.15, 0.2) is 5.65 Å². The molecular formula is C9H7ClN2O. The van der Waals surface area contributed by atoms with Gasteiger partial charge in [-0.3, -0.25) is 0 Å². The first-order valence-corrected chi connectivity index (χ1v) is 4.15. The maximum atomic E-state index is 5.72. The molecular weight excluding hydrogens is 188 g/mol. The molecule has 13 heavy (non-hydrogen) atoms. The van der Waals surface area contributed by atoms with E-state index < -0.39 is 0 Å². The number of nitrogens with zero attached hydrogens (tertiary/aromatic N) is 2. The van der Waals surface area contributed by atoms with Crippen LogP contribution in [0.2, 0.25) is 5.15 Å². The highest BCUT2D eigenvalue weighted by Gasteiger charge is 1.99. The van der Waals surface area contributed by atoms with Crippen molar-refractivity contribution in [2.75, 3.05) is 7.11 Å². The van der Waals surface area contributed by atoms with Gasteiger partial charge in [-0.1, -0.05) is 11.6 Å². The fraction of sp³-hybridized carbons (Fsp3) is 0.111. The van der Waals surface area contributed by atoms with Crippen molar-refractivity contribution in [3.05, 3.63) is 29.4 Å². The third-order valence-electron chi connectivity index (χ3n) is 1.70. The molecule has 3 nitrogen and oxygen atoms in total. The summed E-state index contributed by atoms with van der Waals surface area (Å²) in [6.07, 6.45) is 0. The highest BCUT2D eigenvalue weighted by Crippen LogP contribution is 2.16. The predicted molar refractivity (Wildman–Crippen MR) is 51.1 cm³/mol. The van der Waals surface area contributed by atoms with Gasteiger partial charge in [0.25, 0.3) is 0 Å². The number of pyridine rings is 2. The number of fused-ring (bicyclic) bond motifs is 1. The normalized spacial score (nSPS) is 10.3. The topological polar surface area (TPSA) is 35.0 Å². The molecule has 0 atom stereocenters. The quantitative estimate of drug-likeness (QED) is 0.654. The molecule has 0 bridgehead atoms. The summed E-state index contributed by atoms with van der Waals surface area (Å²) in [5.74, 6) is 0.544. The number of ether oxygens (including phenoxy) is 1. The molecule has 0 N–H and O–H groups in total. The molecule has 0 unspecified atom stereocenters. The van der Waals surface area contributed by atoms with Crippen molar-refractivity contribution in [1.82, 2.24) is 9.97 Å².